The molecule has 2 aromatic rings. The fraction of sp³-hybridized carbons (Fsp3) is 0.400. The van der Waals surface area contributed by atoms with E-state index in [9.17, 15) is 4.79 Å². The van der Waals surface area contributed by atoms with Crippen LogP contribution in [0.4, 0.5) is 5.69 Å². The maximum absolute atomic E-state index is 11.2. The van der Waals surface area contributed by atoms with Crippen molar-refractivity contribution in [1.29, 1.82) is 0 Å². The Labute approximate surface area is 149 Å². The number of hydrogen-bond acceptors (Lipinski definition) is 4. The number of benzene rings is 1. The van der Waals surface area contributed by atoms with Crippen molar-refractivity contribution in [2.24, 2.45) is 0 Å². The predicted molar refractivity (Wildman–Crippen MR) is 100 cm³/mol. The Morgan fingerprint density at radius 3 is 2.68 bits per heavy atom. The molecule has 5 heteroatoms. The number of rotatable bonds is 5. The Morgan fingerprint density at radius 1 is 1.20 bits per heavy atom. The zero-order valence-electron chi connectivity index (χ0n) is 15.0. The molecule has 0 aliphatic carbocycles. The van der Waals surface area contributed by atoms with Crippen molar-refractivity contribution in [1.82, 2.24) is 14.8 Å². The molecular weight excluding hydrogens is 312 g/mol. The summed E-state index contributed by atoms with van der Waals surface area (Å²) in [6, 6.07) is 12.7. The van der Waals surface area contributed by atoms with Gasteiger partial charge in [-0.1, -0.05) is 18.2 Å². The summed E-state index contributed by atoms with van der Waals surface area (Å²) in [5, 5.41) is 2.85. The van der Waals surface area contributed by atoms with Crippen LogP contribution in [0, 0.1) is 0 Å². The maximum atomic E-state index is 11.2. The topological polar surface area (TPSA) is 48.5 Å². The first-order valence-electron chi connectivity index (χ1n) is 8.84. The Kier molecular flexibility index (Phi) is 5.79. The highest BCUT2D eigenvalue weighted by atomic mass is 16.1. The minimum absolute atomic E-state index is 0.0323. The molecule has 1 aromatic heterocycles. The molecular formula is C20H26N4O. The molecule has 0 spiro atoms. The van der Waals surface area contributed by atoms with Crippen LogP contribution in [-0.2, 0) is 11.3 Å². The summed E-state index contributed by atoms with van der Waals surface area (Å²) in [4.78, 5) is 20.4. The number of pyridine rings is 1. The van der Waals surface area contributed by atoms with E-state index in [0.717, 1.165) is 38.4 Å². The van der Waals surface area contributed by atoms with Gasteiger partial charge < -0.3 is 5.32 Å². The van der Waals surface area contributed by atoms with Crippen LogP contribution in [-0.4, -0.2) is 46.9 Å². The second-order valence-corrected chi connectivity index (χ2v) is 6.66. The van der Waals surface area contributed by atoms with Gasteiger partial charge in [0.2, 0.25) is 5.91 Å². The molecule has 1 aliphatic heterocycles. The van der Waals surface area contributed by atoms with Crippen LogP contribution in [0.3, 0.4) is 0 Å². The van der Waals surface area contributed by atoms with E-state index in [-0.39, 0.29) is 5.91 Å². The lowest BCUT2D eigenvalue weighted by Gasteiger charge is -2.38. The highest BCUT2D eigenvalue weighted by Gasteiger charge is 2.22. The molecule has 0 radical (unpaired) electrons. The molecule has 1 amide bonds. The number of piperazine rings is 1. The van der Waals surface area contributed by atoms with Gasteiger partial charge in [0.05, 0.1) is 0 Å². The Balaban J connectivity index is 1.53. The van der Waals surface area contributed by atoms with Crippen molar-refractivity contribution in [3.8, 4) is 0 Å². The third kappa shape index (κ3) is 4.87. The van der Waals surface area contributed by atoms with Gasteiger partial charge in [-0.05, 0) is 36.2 Å². The summed E-state index contributed by atoms with van der Waals surface area (Å²) in [6.45, 7) is 8.92. The van der Waals surface area contributed by atoms with Crippen LogP contribution in [0.15, 0.2) is 48.8 Å². The number of nitrogens with one attached hydrogen (secondary N) is 1. The average molecular weight is 338 g/mol. The first-order chi connectivity index (χ1) is 12.1. The van der Waals surface area contributed by atoms with Crippen molar-refractivity contribution in [2.45, 2.75) is 26.4 Å². The maximum Gasteiger partial charge on any atom is 0.221 e. The van der Waals surface area contributed by atoms with Gasteiger partial charge in [-0.3, -0.25) is 19.6 Å². The lowest BCUT2D eigenvalue weighted by Crippen LogP contribution is -2.46. The molecule has 1 aromatic carbocycles. The van der Waals surface area contributed by atoms with Crippen molar-refractivity contribution >= 4 is 11.6 Å². The number of nitrogens with zero attached hydrogens (tertiary/aromatic N) is 3. The average Bonchev–Trinajstić information content (AvgIpc) is 2.62. The van der Waals surface area contributed by atoms with E-state index in [0.29, 0.717) is 6.04 Å². The van der Waals surface area contributed by atoms with Gasteiger partial charge in [-0.2, -0.15) is 0 Å². The fourth-order valence-electron chi connectivity index (χ4n) is 3.35. The molecule has 1 fully saturated rings. The Hall–Kier alpha value is -2.24. The van der Waals surface area contributed by atoms with E-state index in [1.54, 1.807) is 0 Å². The molecule has 1 atom stereocenters. The molecule has 0 bridgehead atoms. The fourth-order valence-corrected chi connectivity index (χ4v) is 3.35. The van der Waals surface area contributed by atoms with E-state index in [1.807, 2.05) is 30.6 Å². The van der Waals surface area contributed by atoms with Gasteiger partial charge in [0, 0.05) is 63.8 Å². The Morgan fingerprint density at radius 2 is 2.00 bits per heavy atom. The first kappa shape index (κ1) is 17.6. The van der Waals surface area contributed by atoms with Crippen molar-refractivity contribution in [3.05, 3.63) is 59.9 Å². The summed E-state index contributed by atoms with van der Waals surface area (Å²) in [5.41, 5.74) is 3.38. The first-order valence-corrected chi connectivity index (χ1v) is 8.84. The highest BCUT2D eigenvalue weighted by Crippen LogP contribution is 2.21. The zero-order valence-corrected chi connectivity index (χ0v) is 15.0. The largest absolute Gasteiger partial charge is 0.326 e. The minimum atomic E-state index is -0.0323. The number of hydrogen-bond donors (Lipinski definition) is 1. The molecule has 5 nitrogen and oxygen atoms in total. The zero-order chi connectivity index (χ0) is 17.6. The van der Waals surface area contributed by atoms with Gasteiger partial charge in [0.25, 0.3) is 0 Å². The standard InChI is InChI=1S/C20H26N4O/c1-16(19-6-4-8-21-14-19)24-11-9-23(10-12-24)15-18-5-3-7-20(13-18)22-17(2)25/h3-8,13-14,16H,9-12,15H2,1-2H3,(H,22,25)/t16-/m1/s1. The van der Waals surface area contributed by atoms with Crippen molar-refractivity contribution in [3.63, 3.8) is 0 Å². The summed E-state index contributed by atoms with van der Waals surface area (Å²) < 4.78 is 0. The van der Waals surface area contributed by atoms with Gasteiger partial charge in [-0.25, -0.2) is 0 Å². The van der Waals surface area contributed by atoms with Crippen molar-refractivity contribution in [2.75, 3.05) is 31.5 Å². The van der Waals surface area contributed by atoms with Crippen LogP contribution < -0.4 is 5.32 Å². The molecule has 25 heavy (non-hydrogen) atoms. The summed E-state index contributed by atoms with van der Waals surface area (Å²) >= 11 is 0. The minimum Gasteiger partial charge on any atom is -0.326 e. The molecule has 1 saturated heterocycles. The third-order valence-electron chi connectivity index (χ3n) is 4.77. The van der Waals surface area contributed by atoms with E-state index < -0.39 is 0 Å². The van der Waals surface area contributed by atoms with Crippen LogP contribution in [0.5, 0.6) is 0 Å². The molecule has 132 valence electrons. The monoisotopic (exact) mass is 338 g/mol. The molecule has 2 heterocycles. The molecule has 1 aliphatic rings. The SMILES string of the molecule is CC(=O)Nc1cccc(CN2CCN([C@H](C)c3cccnc3)CC2)c1. The normalized spacial score (nSPS) is 17.2. The Bertz CT molecular complexity index is 696. The van der Waals surface area contributed by atoms with E-state index >= 15 is 0 Å². The molecule has 1 N–H and O–H groups in total. The predicted octanol–water partition coefficient (Wildman–Crippen LogP) is 2.92. The van der Waals surface area contributed by atoms with Crippen LogP contribution >= 0.6 is 0 Å². The number of carbonyl (C=O) groups excluding carboxylic acids is 1. The lowest BCUT2D eigenvalue weighted by molar-refractivity contribution is -0.114. The van der Waals surface area contributed by atoms with Gasteiger partial charge in [0.15, 0.2) is 0 Å². The second kappa shape index (κ2) is 8.23. The van der Waals surface area contributed by atoms with Crippen LogP contribution in [0.2, 0.25) is 0 Å². The number of aromatic nitrogens is 1. The van der Waals surface area contributed by atoms with Gasteiger partial charge in [0.1, 0.15) is 0 Å². The summed E-state index contributed by atoms with van der Waals surface area (Å²) in [5.74, 6) is -0.0323. The number of anilines is 1. The third-order valence-corrected chi connectivity index (χ3v) is 4.77. The quantitative estimate of drug-likeness (QED) is 0.911. The second-order valence-electron chi connectivity index (χ2n) is 6.66. The van der Waals surface area contributed by atoms with Gasteiger partial charge >= 0.3 is 0 Å². The van der Waals surface area contributed by atoms with E-state index in [1.165, 1.54) is 18.1 Å². The van der Waals surface area contributed by atoms with E-state index in [4.69, 9.17) is 0 Å². The molecule has 3 rings (SSSR count). The van der Waals surface area contributed by atoms with Crippen molar-refractivity contribution < 1.29 is 4.79 Å². The summed E-state index contributed by atoms with van der Waals surface area (Å²) in [6.07, 6.45) is 3.79. The summed E-state index contributed by atoms with van der Waals surface area (Å²) in [7, 11) is 0. The number of carbonyl (C=O) groups is 1. The van der Waals surface area contributed by atoms with E-state index in [2.05, 4.69) is 45.2 Å². The van der Waals surface area contributed by atoms with Crippen LogP contribution in [0.1, 0.15) is 31.0 Å². The highest BCUT2D eigenvalue weighted by molar-refractivity contribution is 5.88. The van der Waals surface area contributed by atoms with Gasteiger partial charge in [-0.15, -0.1) is 0 Å². The van der Waals surface area contributed by atoms with Crippen LogP contribution in [0.25, 0.3) is 0 Å². The lowest BCUT2D eigenvalue weighted by atomic mass is 10.1. The molecule has 0 unspecified atom stereocenters. The smallest absolute Gasteiger partial charge is 0.221 e. The number of amides is 1. The molecule has 0 saturated carbocycles.